The number of rotatable bonds is 7. The van der Waals surface area contributed by atoms with E-state index in [-0.39, 0.29) is 0 Å². The summed E-state index contributed by atoms with van der Waals surface area (Å²) in [7, 11) is 0.220. The van der Waals surface area contributed by atoms with Gasteiger partial charge in [0.2, 0.25) is 10.0 Å². The molecule has 9 heteroatoms. The number of hydrazone groups is 1. The largest absolute Gasteiger partial charge is 0.378 e. The SMILES string of the molecule is CN(C)c1ccc(/C=N\NC(=O)CN(c2cccc(Cl)c2)S(C)(=O)=O)cc1. The van der Waals surface area contributed by atoms with Crippen LogP contribution in [0.15, 0.2) is 53.6 Å². The molecule has 0 bridgehead atoms. The highest BCUT2D eigenvalue weighted by molar-refractivity contribution is 7.92. The number of nitrogens with one attached hydrogen (secondary N) is 1. The average molecular weight is 409 g/mol. The van der Waals surface area contributed by atoms with Crippen LogP contribution >= 0.6 is 11.6 Å². The predicted molar refractivity (Wildman–Crippen MR) is 110 cm³/mol. The summed E-state index contributed by atoms with van der Waals surface area (Å²) in [6.45, 7) is -0.407. The molecule has 0 aliphatic rings. The fourth-order valence-electron chi connectivity index (χ4n) is 2.23. The number of amides is 1. The van der Waals surface area contributed by atoms with Gasteiger partial charge in [0.25, 0.3) is 5.91 Å². The van der Waals surface area contributed by atoms with Crippen LogP contribution in [0.1, 0.15) is 5.56 Å². The summed E-state index contributed by atoms with van der Waals surface area (Å²) < 4.78 is 25.0. The number of carbonyl (C=O) groups excluding carboxylic acids is 1. The summed E-state index contributed by atoms with van der Waals surface area (Å²) >= 11 is 5.91. The number of halogens is 1. The molecule has 0 fully saturated rings. The summed E-state index contributed by atoms with van der Waals surface area (Å²) in [5, 5.41) is 4.25. The molecule has 1 amide bonds. The maximum atomic E-state index is 12.1. The molecule has 0 unspecified atom stereocenters. The quantitative estimate of drug-likeness (QED) is 0.563. The van der Waals surface area contributed by atoms with Crippen molar-refractivity contribution < 1.29 is 13.2 Å². The molecule has 1 N–H and O–H groups in total. The monoisotopic (exact) mass is 408 g/mol. The van der Waals surface area contributed by atoms with E-state index in [1.165, 1.54) is 12.3 Å². The van der Waals surface area contributed by atoms with Gasteiger partial charge in [-0.25, -0.2) is 13.8 Å². The van der Waals surface area contributed by atoms with Crippen LogP contribution in [0.25, 0.3) is 0 Å². The Balaban J connectivity index is 2.03. The van der Waals surface area contributed by atoms with Crippen molar-refractivity contribution in [3.63, 3.8) is 0 Å². The molecule has 2 rings (SSSR count). The minimum Gasteiger partial charge on any atom is -0.378 e. The molecule has 0 spiro atoms. The third kappa shape index (κ3) is 6.26. The van der Waals surface area contributed by atoms with Crippen LogP contribution in [0.4, 0.5) is 11.4 Å². The number of benzene rings is 2. The standard InChI is InChI=1S/C18H21ClN4O3S/c1-22(2)16-9-7-14(8-10-16)12-20-21-18(24)13-23(27(3,25)26)17-6-4-5-15(19)11-17/h4-12H,13H2,1-3H3,(H,21,24)/b20-12-. The number of sulfonamides is 1. The van der Waals surface area contributed by atoms with Gasteiger partial charge in [-0.3, -0.25) is 9.10 Å². The molecule has 0 aliphatic carbocycles. The van der Waals surface area contributed by atoms with Gasteiger partial charge in [0, 0.05) is 24.8 Å². The van der Waals surface area contributed by atoms with Gasteiger partial charge < -0.3 is 4.90 Å². The Labute approximate surface area is 164 Å². The van der Waals surface area contributed by atoms with E-state index in [9.17, 15) is 13.2 Å². The van der Waals surface area contributed by atoms with Crippen LogP contribution in [0.5, 0.6) is 0 Å². The molecule has 144 valence electrons. The summed E-state index contributed by atoms with van der Waals surface area (Å²) in [5.74, 6) is -0.568. The van der Waals surface area contributed by atoms with Crippen molar-refractivity contribution in [1.29, 1.82) is 0 Å². The Morgan fingerprint density at radius 1 is 1.15 bits per heavy atom. The highest BCUT2D eigenvalue weighted by Crippen LogP contribution is 2.21. The number of anilines is 2. The first kappa shape index (κ1) is 20.7. The van der Waals surface area contributed by atoms with Gasteiger partial charge in [0.1, 0.15) is 6.54 Å². The predicted octanol–water partition coefficient (Wildman–Crippen LogP) is 2.32. The molecule has 0 aromatic heterocycles. The van der Waals surface area contributed by atoms with Gasteiger partial charge in [-0.1, -0.05) is 29.8 Å². The first-order valence-electron chi connectivity index (χ1n) is 7.99. The Morgan fingerprint density at radius 3 is 2.37 bits per heavy atom. The molecule has 0 saturated heterocycles. The second-order valence-electron chi connectivity index (χ2n) is 6.03. The topological polar surface area (TPSA) is 82.1 Å². The summed E-state index contributed by atoms with van der Waals surface area (Å²) in [5.41, 5.74) is 4.49. The van der Waals surface area contributed by atoms with Crippen LogP contribution in [-0.2, 0) is 14.8 Å². The first-order valence-corrected chi connectivity index (χ1v) is 10.2. The molecule has 2 aromatic rings. The van der Waals surface area contributed by atoms with Gasteiger partial charge in [-0.05, 0) is 35.9 Å². The summed E-state index contributed by atoms with van der Waals surface area (Å²) in [4.78, 5) is 14.1. The summed E-state index contributed by atoms with van der Waals surface area (Å²) in [6, 6.07) is 13.9. The van der Waals surface area contributed by atoms with E-state index in [0.717, 1.165) is 21.8 Å². The number of carbonyl (C=O) groups is 1. The fraction of sp³-hybridized carbons (Fsp3) is 0.222. The van der Waals surface area contributed by atoms with E-state index in [2.05, 4.69) is 10.5 Å². The highest BCUT2D eigenvalue weighted by Gasteiger charge is 2.20. The maximum Gasteiger partial charge on any atom is 0.260 e. The third-order valence-electron chi connectivity index (χ3n) is 3.60. The van der Waals surface area contributed by atoms with E-state index in [1.54, 1.807) is 18.2 Å². The molecule has 0 radical (unpaired) electrons. The van der Waals surface area contributed by atoms with Crippen LogP contribution in [0, 0.1) is 0 Å². The van der Waals surface area contributed by atoms with Crippen molar-refractivity contribution in [2.24, 2.45) is 5.10 Å². The van der Waals surface area contributed by atoms with Gasteiger partial charge in [0.15, 0.2) is 0 Å². The summed E-state index contributed by atoms with van der Waals surface area (Å²) in [6.07, 6.45) is 2.51. The van der Waals surface area contributed by atoms with Crippen molar-refractivity contribution >= 4 is 45.1 Å². The minimum atomic E-state index is -3.66. The molecule has 27 heavy (non-hydrogen) atoms. The normalized spacial score (nSPS) is 11.4. The van der Waals surface area contributed by atoms with Crippen LogP contribution in [-0.4, -0.2) is 47.4 Å². The zero-order chi connectivity index (χ0) is 20.0. The van der Waals surface area contributed by atoms with Gasteiger partial charge in [-0.2, -0.15) is 5.10 Å². The molecule has 7 nitrogen and oxygen atoms in total. The van der Waals surface area contributed by atoms with Gasteiger partial charge in [-0.15, -0.1) is 0 Å². The number of nitrogens with zero attached hydrogens (tertiary/aromatic N) is 3. The average Bonchev–Trinajstić information content (AvgIpc) is 2.59. The Morgan fingerprint density at radius 2 is 1.81 bits per heavy atom. The minimum absolute atomic E-state index is 0.309. The van der Waals surface area contributed by atoms with Crippen molar-refractivity contribution in [1.82, 2.24) is 5.43 Å². The van der Waals surface area contributed by atoms with E-state index in [0.29, 0.717) is 10.7 Å². The lowest BCUT2D eigenvalue weighted by Crippen LogP contribution is -2.39. The van der Waals surface area contributed by atoms with Gasteiger partial charge in [0.05, 0.1) is 18.2 Å². The van der Waals surface area contributed by atoms with E-state index >= 15 is 0 Å². The van der Waals surface area contributed by atoms with E-state index < -0.39 is 22.5 Å². The smallest absolute Gasteiger partial charge is 0.260 e. The Bertz CT molecular complexity index is 928. The molecule has 0 saturated carbocycles. The maximum absolute atomic E-state index is 12.1. The zero-order valence-corrected chi connectivity index (χ0v) is 16.8. The second kappa shape index (κ2) is 8.88. The molecule has 0 heterocycles. The molecule has 2 aromatic carbocycles. The molecular formula is C18H21ClN4O3S. The highest BCUT2D eigenvalue weighted by atomic mass is 35.5. The van der Waals surface area contributed by atoms with Crippen molar-refractivity contribution in [2.75, 3.05) is 36.1 Å². The lowest BCUT2D eigenvalue weighted by Gasteiger charge is -2.21. The Hall–Kier alpha value is -2.58. The first-order chi connectivity index (χ1) is 12.7. The molecule has 0 atom stereocenters. The number of hydrogen-bond donors (Lipinski definition) is 1. The van der Waals surface area contributed by atoms with Crippen LogP contribution in [0.3, 0.4) is 0 Å². The second-order valence-corrected chi connectivity index (χ2v) is 8.37. The van der Waals surface area contributed by atoms with Crippen LogP contribution < -0.4 is 14.6 Å². The zero-order valence-electron chi connectivity index (χ0n) is 15.3. The van der Waals surface area contributed by atoms with Crippen molar-refractivity contribution in [2.45, 2.75) is 0 Å². The van der Waals surface area contributed by atoms with Crippen LogP contribution in [0.2, 0.25) is 5.02 Å². The molecule has 0 aliphatic heterocycles. The number of hydrogen-bond acceptors (Lipinski definition) is 5. The fourth-order valence-corrected chi connectivity index (χ4v) is 3.27. The molecular weight excluding hydrogens is 388 g/mol. The van der Waals surface area contributed by atoms with Crippen molar-refractivity contribution in [3.8, 4) is 0 Å². The Kier molecular flexibility index (Phi) is 6.81. The lowest BCUT2D eigenvalue weighted by atomic mass is 10.2. The van der Waals surface area contributed by atoms with Gasteiger partial charge >= 0.3 is 0 Å². The van der Waals surface area contributed by atoms with E-state index in [4.69, 9.17) is 11.6 Å². The third-order valence-corrected chi connectivity index (χ3v) is 4.97. The lowest BCUT2D eigenvalue weighted by molar-refractivity contribution is -0.119. The van der Waals surface area contributed by atoms with E-state index in [1.807, 2.05) is 43.3 Å². The van der Waals surface area contributed by atoms with Crippen molar-refractivity contribution in [3.05, 3.63) is 59.1 Å².